The zero-order valence-corrected chi connectivity index (χ0v) is 12.3. The first kappa shape index (κ1) is 17.7. The van der Waals surface area contributed by atoms with E-state index in [0.29, 0.717) is 17.7 Å². The van der Waals surface area contributed by atoms with Gasteiger partial charge >= 0.3 is 6.18 Å². The Morgan fingerprint density at radius 3 is 2.32 bits per heavy atom. The third-order valence-electron chi connectivity index (χ3n) is 3.11. The number of rotatable bonds is 4. The summed E-state index contributed by atoms with van der Waals surface area (Å²) in [7, 11) is 0. The molecule has 0 fully saturated rings. The highest BCUT2D eigenvalue weighted by molar-refractivity contribution is 5.95. The van der Waals surface area contributed by atoms with E-state index in [1.807, 2.05) is 6.07 Å². The first-order valence-corrected chi connectivity index (χ1v) is 6.64. The normalized spacial score (nSPS) is 10.6. The van der Waals surface area contributed by atoms with Crippen LogP contribution in [-0.2, 0) is 6.18 Å². The molecule has 0 aliphatic rings. The number of benzene rings is 2. The van der Waals surface area contributed by atoms with E-state index in [1.165, 1.54) is 24.3 Å². The van der Waals surface area contributed by atoms with Crippen LogP contribution in [0.3, 0.4) is 0 Å². The molecule has 0 saturated carbocycles. The number of hydrogen-bond acceptors (Lipinski definition) is 5. The minimum absolute atomic E-state index is 0.154. The molecule has 128 valence electrons. The highest BCUT2D eigenvalue weighted by atomic mass is 19.4. The van der Waals surface area contributed by atoms with Crippen LogP contribution in [0.4, 0.5) is 24.5 Å². The summed E-state index contributed by atoms with van der Waals surface area (Å²) in [6.45, 7) is 0. The number of carbonyl (C=O) groups excluding carboxylic acids is 1. The van der Waals surface area contributed by atoms with E-state index < -0.39 is 28.3 Å². The lowest BCUT2D eigenvalue weighted by Gasteiger charge is -2.11. The molecular formula is C15H9F3N4O3. The van der Waals surface area contributed by atoms with Crippen LogP contribution in [0.25, 0.3) is 0 Å². The van der Waals surface area contributed by atoms with Crippen molar-refractivity contribution in [3.63, 3.8) is 0 Å². The van der Waals surface area contributed by atoms with Gasteiger partial charge in [-0.3, -0.25) is 25.8 Å². The Balaban J connectivity index is 2.18. The molecule has 0 atom stereocenters. The minimum Gasteiger partial charge on any atom is -0.292 e. The fourth-order valence-corrected chi connectivity index (χ4v) is 1.86. The number of amides is 1. The summed E-state index contributed by atoms with van der Waals surface area (Å²) in [4.78, 5) is 21.9. The SMILES string of the molecule is N#Cc1ccc(C(=O)NNc2ccc(C(F)(F)F)cc2[N+](=O)[O-])cc1. The van der Waals surface area contributed by atoms with Crippen molar-refractivity contribution in [2.24, 2.45) is 0 Å². The molecule has 0 saturated heterocycles. The zero-order valence-electron chi connectivity index (χ0n) is 12.3. The number of nitrogens with zero attached hydrogens (tertiary/aromatic N) is 2. The Bertz CT molecular complexity index is 858. The van der Waals surface area contributed by atoms with Crippen LogP contribution < -0.4 is 10.9 Å². The van der Waals surface area contributed by atoms with Gasteiger partial charge in [-0.1, -0.05) is 0 Å². The second-order valence-corrected chi connectivity index (χ2v) is 4.76. The van der Waals surface area contributed by atoms with Crippen molar-refractivity contribution in [1.29, 1.82) is 5.26 Å². The summed E-state index contributed by atoms with van der Waals surface area (Å²) in [6, 6.07) is 9.26. The number of nitriles is 1. The average Bonchev–Trinajstić information content (AvgIpc) is 2.58. The van der Waals surface area contributed by atoms with Gasteiger partial charge in [0.1, 0.15) is 5.69 Å². The summed E-state index contributed by atoms with van der Waals surface area (Å²) in [5.41, 5.74) is 2.54. The van der Waals surface area contributed by atoms with Gasteiger partial charge in [0, 0.05) is 11.6 Å². The molecule has 2 N–H and O–H groups in total. The molecule has 2 aromatic carbocycles. The lowest BCUT2D eigenvalue weighted by atomic mass is 10.1. The quantitative estimate of drug-likeness (QED) is 0.650. The number of hydrogen-bond donors (Lipinski definition) is 2. The standard InChI is InChI=1S/C15H9F3N4O3/c16-15(17,18)11-5-6-12(13(7-11)22(24)25)20-21-14(23)10-3-1-9(8-19)2-4-10/h1-7,20H,(H,21,23). The summed E-state index contributed by atoms with van der Waals surface area (Å²) >= 11 is 0. The number of carbonyl (C=O) groups is 1. The second kappa shape index (κ2) is 6.88. The van der Waals surface area contributed by atoms with Crippen molar-refractivity contribution in [2.75, 3.05) is 5.43 Å². The highest BCUT2D eigenvalue weighted by Gasteiger charge is 2.33. The molecule has 2 aromatic rings. The van der Waals surface area contributed by atoms with Gasteiger partial charge < -0.3 is 0 Å². The van der Waals surface area contributed by atoms with E-state index in [0.717, 1.165) is 6.07 Å². The molecule has 2 rings (SSSR count). The maximum Gasteiger partial charge on any atom is 0.416 e. The third kappa shape index (κ3) is 4.23. The minimum atomic E-state index is -4.73. The van der Waals surface area contributed by atoms with Gasteiger partial charge in [0.25, 0.3) is 11.6 Å². The third-order valence-corrected chi connectivity index (χ3v) is 3.11. The van der Waals surface area contributed by atoms with Crippen molar-refractivity contribution in [3.05, 3.63) is 69.3 Å². The van der Waals surface area contributed by atoms with Crippen LogP contribution in [0, 0.1) is 21.4 Å². The molecule has 0 bridgehead atoms. The number of nitrogens with one attached hydrogen (secondary N) is 2. The maximum absolute atomic E-state index is 12.6. The monoisotopic (exact) mass is 350 g/mol. The van der Waals surface area contributed by atoms with Crippen molar-refractivity contribution in [3.8, 4) is 6.07 Å². The van der Waals surface area contributed by atoms with E-state index in [2.05, 4.69) is 10.9 Å². The van der Waals surface area contributed by atoms with Crippen LogP contribution >= 0.6 is 0 Å². The van der Waals surface area contributed by atoms with Gasteiger partial charge in [0.05, 0.1) is 22.1 Å². The molecule has 0 heterocycles. The molecule has 0 aliphatic heterocycles. The predicted octanol–water partition coefficient (Wildman–Crippen LogP) is 3.24. The lowest BCUT2D eigenvalue weighted by Crippen LogP contribution is -2.29. The molecule has 0 spiro atoms. The first-order chi connectivity index (χ1) is 11.7. The van der Waals surface area contributed by atoms with Crippen molar-refractivity contribution in [2.45, 2.75) is 6.18 Å². The van der Waals surface area contributed by atoms with Crippen LogP contribution in [0.5, 0.6) is 0 Å². The Kier molecular flexibility index (Phi) is 4.88. The number of halogens is 3. The number of anilines is 1. The van der Waals surface area contributed by atoms with Crippen molar-refractivity contribution < 1.29 is 22.9 Å². The Morgan fingerprint density at radius 2 is 1.80 bits per heavy atom. The Hall–Kier alpha value is -3.61. The van der Waals surface area contributed by atoms with Gasteiger partial charge in [-0.25, -0.2) is 0 Å². The van der Waals surface area contributed by atoms with Crippen LogP contribution in [0.15, 0.2) is 42.5 Å². The van der Waals surface area contributed by atoms with Gasteiger partial charge in [-0.15, -0.1) is 0 Å². The zero-order chi connectivity index (χ0) is 18.6. The van der Waals surface area contributed by atoms with E-state index in [-0.39, 0.29) is 11.3 Å². The molecule has 25 heavy (non-hydrogen) atoms. The number of nitro benzene ring substituents is 1. The van der Waals surface area contributed by atoms with Gasteiger partial charge in [-0.2, -0.15) is 18.4 Å². The number of hydrazine groups is 1. The topological polar surface area (TPSA) is 108 Å². The molecule has 0 unspecified atom stereocenters. The van der Waals surface area contributed by atoms with E-state index >= 15 is 0 Å². The largest absolute Gasteiger partial charge is 0.416 e. The fraction of sp³-hybridized carbons (Fsp3) is 0.0667. The Labute approximate surface area is 138 Å². The lowest BCUT2D eigenvalue weighted by molar-refractivity contribution is -0.384. The Morgan fingerprint density at radius 1 is 1.16 bits per heavy atom. The molecular weight excluding hydrogens is 341 g/mol. The summed E-state index contributed by atoms with van der Waals surface area (Å²) in [6.07, 6.45) is -4.73. The molecule has 10 heteroatoms. The number of alkyl halides is 3. The van der Waals surface area contributed by atoms with Gasteiger partial charge in [0.15, 0.2) is 0 Å². The number of nitro groups is 1. The van der Waals surface area contributed by atoms with E-state index in [9.17, 15) is 28.1 Å². The fourth-order valence-electron chi connectivity index (χ4n) is 1.86. The summed E-state index contributed by atoms with van der Waals surface area (Å²) in [5, 5.41) is 19.6. The van der Waals surface area contributed by atoms with Crippen molar-refractivity contribution >= 4 is 17.3 Å². The van der Waals surface area contributed by atoms with E-state index in [1.54, 1.807) is 0 Å². The first-order valence-electron chi connectivity index (χ1n) is 6.64. The van der Waals surface area contributed by atoms with Crippen LogP contribution in [-0.4, -0.2) is 10.8 Å². The predicted molar refractivity (Wildman–Crippen MR) is 80.3 cm³/mol. The second-order valence-electron chi connectivity index (χ2n) is 4.76. The van der Waals surface area contributed by atoms with Crippen molar-refractivity contribution in [1.82, 2.24) is 5.43 Å². The molecule has 7 nitrogen and oxygen atoms in total. The van der Waals surface area contributed by atoms with E-state index in [4.69, 9.17) is 5.26 Å². The average molecular weight is 350 g/mol. The smallest absolute Gasteiger partial charge is 0.292 e. The van der Waals surface area contributed by atoms with Crippen LogP contribution in [0.1, 0.15) is 21.5 Å². The van der Waals surface area contributed by atoms with Crippen LogP contribution in [0.2, 0.25) is 0 Å². The molecule has 0 radical (unpaired) electrons. The molecule has 0 aliphatic carbocycles. The van der Waals surface area contributed by atoms with Gasteiger partial charge in [-0.05, 0) is 36.4 Å². The molecule has 1 amide bonds. The maximum atomic E-state index is 12.6. The highest BCUT2D eigenvalue weighted by Crippen LogP contribution is 2.34. The summed E-state index contributed by atoms with van der Waals surface area (Å²) in [5.74, 6) is -0.682. The molecule has 0 aromatic heterocycles. The van der Waals surface area contributed by atoms with Gasteiger partial charge in [0.2, 0.25) is 0 Å². The summed E-state index contributed by atoms with van der Waals surface area (Å²) < 4.78 is 37.9.